The van der Waals surface area contributed by atoms with Gasteiger partial charge in [0.05, 0.1) is 17.2 Å². The van der Waals surface area contributed by atoms with Crippen molar-refractivity contribution in [2.45, 2.75) is 44.1 Å². The summed E-state index contributed by atoms with van der Waals surface area (Å²) >= 11 is 0. The fraction of sp³-hybridized carbons (Fsp3) is 0.233. The number of rotatable bonds is 2. The van der Waals surface area contributed by atoms with Crippen molar-refractivity contribution in [2.24, 2.45) is 0 Å². The number of fused-ring (bicyclic) bond motifs is 7. The number of benzene rings is 1. The minimum Gasteiger partial charge on any atom is -0.485 e. The monoisotopic (exact) mass is 428 g/mol. The molecule has 0 N–H and O–H groups in total. The molecule has 5 aliphatic rings. The summed E-state index contributed by atoms with van der Waals surface area (Å²) in [4.78, 5) is 0. The van der Waals surface area contributed by atoms with Crippen molar-refractivity contribution in [1.82, 2.24) is 4.57 Å². The third-order valence-corrected chi connectivity index (χ3v) is 7.53. The lowest BCUT2D eigenvalue weighted by Crippen LogP contribution is -2.15. The molecule has 2 heterocycles. The molecule has 3 heteroatoms. The smallest absolute Gasteiger partial charge is 0.128 e. The van der Waals surface area contributed by atoms with Crippen LogP contribution in [0.5, 0.6) is 5.75 Å². The molecule has 0 spiro atoms. The summed E-state index contributed by atoms with van der Waals surface area (Å²) in [7, 11) is 0. The molecule has 0 amide bonds. The lowest BCUT2D eigenvalue weighted by molar-refractivity contribution is 0.269. The van der Waals surface area contributed by atoms with Crippen molar-refractivity contribution in [2.75, 3.05) is 0 Å². The van der Waals surface area contributed by atoms with Crippen LogP contribution in [0.2, 0.25) is 0 Å². The second-order valence-electron chi connectivity index (χ2n) is 9.30. The molecule has 33 heavy (non-hydrogen) atoms. The zero-order chi connectivity index (χ0) is 21.9. The zero-order valence-corrected chi connectivity index (χ0v) is 18.4. The van der Waals surface area contributed by atoms with Crippen LogP contribution in [-0.2, 0) is 6.42 Å². The molecule has 160 valence electrons. The molecular formula is C30H24N2O. The van der Waals surface area contributed by atoms with Crippen LogP contribution < -0.4 is 4.74 Å². The molecule has 2 aromatic rings. The molecule has 0 saturated carbocycles. The van der Waals surface area contributed by atoms with E-state index in [0.717, 1.165) is 49.0 Å². The van der Waals surface area contributed by atoms with E-state index in [0.29, 0.717) is 0 Å². The van der Waals surface area contributed by atoms with Crippen molar-refractivity contribution < 1.29 is 4.74 Å². The second-order valence-corrected chi connectivity index (χ2v) is 9.30. The zero-order valence-electron chi connectivity index (χ0n) is 18.4. The molecule has 0 radical (unpaired) electrons. The highest BCUT2D eigenvalue weighted by molar-refractivity contribution is 5.99. The molecule has 4 aliphatic carbocycles. The Morgan fingerprint density at radius 2 is 1.97 bits per heavy atom. The molecule has 2 atom stereocenters. The van der Waals surface area contributed by atoms with E-state index in [-0.39, 0.29) is 12.0 Å². The molecule has 0 saturated heterocycles. The van der Waals surface area contributed by atoms with E-state index in [9.17, 15) is 5.26 Å². The molecule has 1 aromatic heterocycles. The summed E-state index contributed by atoms with van der Waals surface area (Å²) in [5, 5.41) is 10.9. The number of nitriles is 1. The minimum atomic E-state index is 0.0936. The Morgan fingerprint density at radius 3 is 2.91 bits per heavy atom. The van der Waals surface area contributed by atoms with Crippen molar-refractivity contribution in [3.8, 4) is 11.8 Å². The minimum absolute atomic E-state index is 0.0936. The van der Waals surface area contributed by atoms with Gasteiger partial charge in [-0.05, 0) is 67.5 Å². The van der Waals surface area contributed by atoms with Crippen LogP contribution in [0.3, 0.4) is 0 Å². The van der Waals surface area contributed by atoms with E-state index in [1.165, 1.54) is 39.0 Å². The number of allylic oxidation sites excluding steroid dienone is 11. The Hall–Kier alpha value is -3.77. The van der Waals surface area contributed by atoms with E-state index in [1.54, 1.807) is 0 Å². The number of aromatic nitrogens is 1. The fourth-order valence-corrected chi connectivity index (χ4v) is 6.13. The second kappa shape index (κ2) is 7.12. The Balaban J connectivity index is 1.44. The first-order valence-electron chi connectivity index (χ1n) is 11.9. The van der Waals surface area contributed by atoms with E-state index < -0.39 is 0 Å². The number of nitrogens with zero attached hydrogens (tertiary/aromatic N) is 2. The van der Waals surface area contributed by atoms with Gasteiger partial charge in [0.2, 0.25) is 0 Å². The molecule has 3 nitrogen and oxygen atoms in total. The van der Waals surface area contributed by atoms with Gasteiger partial charge in [-0.25, -0.2) is 0 Å². The summed E-state index contributed by atoms with van der Waals surface area (Å²) in [5.41, 5.74) is 9.79. The average molecular weight is 429 g/mol. The van der Waals surface area contributed by atoms with Gasteiger partial charge in [-0.3, -0.25) is 0 Å². The largest absolute Gasteiger partial charge is 0.485 e. The highest BCUT2D eigenvalue weighted by Gasteiger charge is 2.36. The number of hydrogen-bond acceptors (Lipinski definition) is 2. The number of ether oxygens (including phenoxy) is 1. The maximum Gasteiger partial charge on any atom is 0.128 e. The highest BCUT2D eigenvalue weighted by atomic mass is 16.5. The SMILES string of the molecule is N#CC1=CCC=C1C1=CCCC(n2c3c(c4c5c(ccc42)OC2C=CC=C[C@H]52)C=CCC3)=C1. The van der Waals surface area contributed by atoms with Gasteiger partial charge in [0.1, 0.15) is 11.9 Å². The normalized spacial score (nSPS) is 24.3. The van der Waals surface area contributed by atoms with Gasteiger partial charge in [-0.2, -0.15) is 5.26 Å². The summed E-state index contributed by atoms with van der Waals surface area (Å²) in [5.74, 6) is 1.29. The maximum atomic E-state index is 9.56. The van der Waals surface area contributed by atoms with E-state index in [4.69, 9.17) is 4.74 Å². The van der Waals surface area contributed by atoms with E-state index in [1.807, 2.05) is 6.08 Å². The third-order valence-electron chi connectivity index (χ3n) is 7.53. The Labute approximate surface area is 193 Å². The quantitative estimate of drug-likeness (QED) is 0.521. The molecule has 0 fully saturated rings. The van der Waals surface area contributed by atoms with Gasteiger partial charge in [-0.1, -0.05) is 48.6 Å². The summed E-state index contributed by atoms with van der Waals surface area (Å²) in [6.07, 6.45) is 27.2. The first-order chi connectivity index (χ1) is 16.3. The summed E-state index contributed by atoms with van der Waals surface area (Å²) in [6, 6.07) is 6.79. The van der Waals surface area contributed by atoms with Gasteiger partial charge >= 0.3 is 0 Å². The van der Waals surface area contributed by atoms with Crippen LogP contribution in [0.1, 0.15) is 48.4 Å². The van der Waals surface area contributed by atoms with Crippen LogP contribution >= 0.6 is 0 Å². The molecule has 7 rings (SSSR count). The molecule has 0 bridgehead atoms. The maximum absolute atomic E-state index is 9.56. The van der Waals surface area contributed by atoms with Gasteiger partial charge in [0.25, 0.3) is 0 Å². The Bertz CT molecular complexity index is 1480. The Kier molecular flexibility index (Phi) is 4.05. The molecule has 1 aromatic carbocycles. The molecule has 1 unspecified atom stereocenters. The average Bonchev–Trinajstić information content (AvgIpc) is 3.57. The van der Waals surface area contributed by atoms with Crippen LogP contribution in [0.15, 0.2) is 83.5 Å². The molecular weight excluding hydrogens is 404 g/mol. The first-order valence-corrected chi connectivity index (χ1v) is 11.9. The highest BCUT2D eigenvalue weighted by Crippen LogP contribution is 2.49. The van der Waals surface area contributed by atoms with Crippen LogP contribution in [0, 0.1) is 11.3 Å². The van der Waals surface area contributed by atoms with Crippen LogP contribution in [0.4, 0.5) is 0 Å². The Morgan fingerprint density at radius 1 is 1.03 bits per heavy atom. The van der Waals surface area contributed by atoms with Crippen molar-refractivity contribution in [3.05, 3.63) is 100 Å². The van der Waals surface area contributed by atoms with Gasteiger partial charge in [0, 0.05) is 33.8 Å². The fourth-order valence-electron chi connectivity index (χ4n) is 6.13. The first kappa shape index (κ1) is 18.8. The van der Waals surface area contributed by atoms with E-state index in [2.05, 4.69) is 77.5 Å². The van der Waals surface area contributed by atoms with Gasteiger partial charge in [-0.15, -0.1) is 0 Å². The van der Waals surface area contributed by atoms with Crippen LogP contribution in [-0.4, -0.2) is 10.7 Å². The third kappa shape index (κ3) is 2.67. The van der Waals surface area contributed by atoms with Crippen molar-refractivity contribution in [1.29, 1.82) is 5.26 Å². The van der Waals surface area contributed by atoms with Gasteiger partial charge in [0.15, 0.2) is 0 Å². The van der Waals surface area contributed by atoms with Crippen LogP contribution in [0.25, 0.3) is 22.7 Å². The molecule has 1 aliphatic heterocycles. The predicted molar refractivity (Wildman–Crippen MR) is 133 cm³/mol. The lowest BCUT2D eigenvalue weighted by Gasteiger charge is -2.20. The van der Waals surface area contributed by atoms with Crippen molar-refractivity contribution >= 4 is 22.7 Å². The topological polar surface area (TPSA) is 38.0 Å². The van der Waals surface area contributed by atoms with E-state index >= 15 is 0 Å². The summed E-state index contributed by atoms with van der Waals surface area (Å²) < 4.78 is 8.85. The standard InChI is InChI=1S/C30H24N2O/c31-18-20-8-6-12-22(20)19-7-5-9-21(17-19)32-25-13-3-1-10-23(25)29-26(32)15-16-28-30(29)24-11-2-4-14-27(24)33-28/h1-2,4,7-8,10-12,14-17,24,27H,3,5-6,9,13H2/t24-,27?/m0/s1. The summed E-state index contributed by atoms with van der Waals surface area (Å²) in [6.45, 7) is 0. The lowest BCUT2D eigenvalue weighted by atomic mass is 9.88. The van der Waals surface area contributed by atoms with Crippen molar-refractivity contribution in [3.63, 3.8) is 0 Å². The predicted octanol–water partition coefficient (Wildman–Crippen LogP) is 6.91. The van der Waals surface area contributed by atoms with Gasteiger partial charge < -0.3 is 9.30 Å². The number of hydrogen-bond donors (Lipinski definition) is 0.